The Balaban J connectivity index is -0.000000720. The van der Waals surface area contributed by atoms with Crippen LogP contribution in [0.4, 0.5) is 0 Å². The number of hydrogen-bond donors (Lipinski definition) is 0. The van der Waals surface area contributed by atoms with E-state index >= 15 is 0 Å². The van der Waals surface area contributed by atoms with Crippen LogP contribution in [-0.4, -0.2) is 35.5 Å². The van der Waals surface area contributed by atoms with Crippen LogP contribution in [0, 0.1) is 0 Å². The Bertz CT molecular complexity index is 102. The Labute approximate surface area is 112 Å². The molecule has 6 heteroatoms. The van der Waals surface area contributed by atoms with Crippen LogP contribution in [0.3, 0.4) is 0 Å². The second kappa shape index (κ2) is 10.6. The molecule has 0 radical (unpaired) electrons. The van der Waals surface area contributed by atoms with E-state index in [1.165, 1.54) is 0 Å². The van der Waals surface area contributed by atoms with E-state index < -0.39 is 9.05 Å². The second-order valence-electron chi connectivity index (χ2n) is 2.23. The van der Waals surface area contributed by atoms with Crippen LogP contribution in [0.1, 0.15) is 29.1 Å². The molecule has 0 amide bonds. The van der Waals surface area contributed by atoms with Crippen molar-refractivity contribution in [2.24, 2.45) is 0 Å². The SMILES string of the molecule is CCO[Si](OCC)(OCC)OCC.[H-].[Na+]. The van der Waals surface area contributed by atoms with Crippen molar-refractivity contribution in [2.75, 3.05) is 26.4 Å². The second-order valence-corrected chi connectivity index (χ2v) is 4.39. The monoisotopic (exact) mass is 232 g/mol. The molecule has 0 aromatic rings. The van der Waals surface area contributed by atoms with E-state index in [1.807, 2.05) is 27.7 Å². The number of rotatable bonds is 8. The van der Waals surface area contributed by atoms with Gasteiger partial charge in [0.05, 0.1) is 0 Å². The first-order valence-electron chi connectivity index (χ1n) is 4.80. The van der Waals surface area contributed by atoms with E-state index in [-0.39, 0.29) is 31.0 Å². The van der Waals surface area contributed by atoms with Gasteiger partial charge in [0.25, 0.3) is 0 Å². The summed E-state index contributed by atoms with van der Waals surface area (Å²) in [5.74, 6) is 0. The molecule has 0 aliphatic carbocycles. The van der Waals surface area contributed by atoms with Gasteiger partial charge >= 0.3 is 38.6 Å². The summed E-state index contributed by atoms with van der Waals surface area (Å²) in [6.07, 6.45) is 0. The Hall–Kier alpha value is 1.06. The zero-order valence-electron chi connectivity index (χ0n) is 11.0. The van der Waals surface area contributed by atoms with E-state index in [0.717, 1.165) is 0 Å². The van der Waals surface area contributed by atoms with Crippen molar-refractivity contribution < 1.29 is 48.7 Å². The summed E-state index contributed by atoms with van der Waals surface area (Å²) in [5, 5.41) is 0. The van der Waals surface area contributed by atoms with Gasteiger partial charge in [-0.25, -0.2) is 0 Å². The predicted molar refractivity (Wildman–Crippen MR) is 53.4 cm³/mol. The topological polar surface area (TPSA) is 36.9 Å². The normalized spacial score (nSPS) is 11.1. The van der Waals surface area contributed by atoms with Crippen LogP contribution in [0.5, 0.6) is 0 Å². The van der Waals surface area contributed by atoms with Gasteiger partial charge in [-0.05, 0) is 27.7 Å². The minimum atomic E-state index is -2.80. The number of hydrogen-bond acceptors (Lipinski definition) is 4. The van der Waals surface area contributed by atoms with Gasteiger partial charge in [-0.3, -0.25) is 0 Å². The van der Waals surface area contributed by atoms with Crippen molar-refractivity contribution in [1.82, 2.24) is 0 Å². The molecule has 0 aliphatic heterocycles. The van der Waals surface area contributed by atoms with E-state index in [0.29, 0.717) is 26.4 Å². The van der Waals surface area contributed by atoms with Crippen molar-refractivity contribution in [1.29, 1.82) is 0 Å². The van der Waals surface area contributed by atoms with Crippen molar-refractivity contribution >= 4 is 9.05 Å². The van der Waals surface area contributed by atoms with Crippen LogP contribution < -0.4 is 29.6 Å². The molecular formula is C8H21NaO4Si. The molecule has 0 bridgehead atoms. The quantitative estimate of drug-likeness (QED) is 0.487. The average Bonchev–Trinajstić information content (AvgIpc) is 2.06. The smallest absolute Gasteiger partial charge is 1.00 e. The van der Waals surface area contributed by atoms with Crippen molar-refractivity contribution in [2.45, 2.75) is 27.7 Å². The minimum absolute atomic E-state index is 0. The molecule has 0 aromatic heterocycles. The van der Waals surface area contributed by atoms with Gasteiger partial charge < -0.3 is 19.1 Å². The molecule has 0 aliphatic rings. The van der Waals surface area contributed by atoms with Gasteiger partial charge in [-0.1, -0.05) is 0 Å². The summed E-state index contributed by atoms with van der Waals surface area (Å²) in [6, 6.07) is 0. The molecule has 0 N–H and O–H groups in total. The third kappa shape index (κ3) is 6.52. The van der Waals surface area contributed by atoms with E-state index in [9.17, 15) is 0 Å². The predicted octanol–water partition coefficient (Wildman–Crippen LogP) is -1.32. The zero-order chi connectivity index (χ0) is 10.2. The van der Waals surface area contributed by atoms with E-state index in [4.69, 9.17) is 17.7 Å². The van der Waals surface area contributed by atoms with Gasteiger partial charge in [0, 0.05) is 26.4 Å². The molecule has 0 spiro atoms. The van der Waals surface area contributed by atoms with Crippen molar-refractivity contribution in [3.05, 3.63) is 0 Å². The molecule has 14 heavy (non-hydrogen) atoms. The summed E-state index contributed by atoms with van der Waals surface area (Å²) in [7, 11) is -2.80. The van der Waals surface area contributed by atoms with E-state index in [2.05, 4.69) is 0 Å². The fourth-order valence-corrected chi connectivity index (χ4v) is 2.87. The molecule has 0 saturated heterocycles. The van der Waals surface area contributed by atoms with E-state index in [1.54, 1.807) is 0 Å². The molecule has 0 saturated carbocycles. The maximum absolute atomic E-state index is 5.42. The van der Waals surface area contributed by atoms with Crippen LogP contribution in [-0.2, 0) is 17.7 Å². The Kier molecular flexibility index (Phi) is 13.2. The maximum Gasteiger partial charge on any atom is 1.00 e. The third-order valence-electron chi connectivity index (χ3n) is 1.28. The summed E-state index contributed by atoms with van der Waals surface area (Å²) in [5.41, 5.74) is 0. The third-order valence-corrected chi connectivity index (χ3v) is 3.85. The fourth-order valence-electron chi connectivity index (χ4n) is 0.957. The van der Waals surface area contributed by atoms with Gasteiger partial charge in [0.1, 0.15) is 0 Å². The molecule has 0 unspecified atom stereocenters. The fraction of sp³-hybridized carbons (Fsp3) is 1.00. The van der Waals surface area contributed by atoms with Crippen molar-refractivity contribution in [3.63, 3.8) is 0 Å². The standard InChI is InChI=1S/C8H20O4Si.Na.H/c1-5-9-13(10-6-2,11-7-3)12-8-4;;/h5-8H2,1-4H3;;/q;+1;-1. The summed E-state index contributed by atoms with van der Waals surface area (Å²) in [4.78, 5) is 0. The van der Waals surface area contributed by atoms with Gasteiger partial charge in [0.15, 0.2) is 0 Å². The van der Waals surface area contributed by atoms with Crippen molar-refractivity contribution in [3.8, 4) is 0 Å². The Morgan fingerprint density at radius 2 is 0.929 bits per heavy atom. The molecule has 0 fully saturated rings. The molecule has 82 valence electrons. The first-order valence-corrected chi connectivity index (χ1v) is 6.43. The van der Waals surface area contributed by atoms with Crippen LogP contribution in [0.25, 0.3) is 0 Å². The molecule has 0 heterocycles. The molecule has 0 rings (SSSR count). The summed E-state index contributed by atoms with van der Waals surface area (Å²) in [6.45, 7) is 9.80. The van der Waals surface area contributed by atoms with Gasteiger partial charge in [0.2, 0.25) is 0 Å². The minimum Gasteiger partial charge on any atom is -1.00 e. The molecular weight excluding hydrogens is 211 g/mol. The summed E-state index contributed by atoms with van der Waals surface area (Å²) >= 11 is 0. The largest absolute Gasteiger partial charge is 1.00 e. The van der Waals surface area contributed by atoms with Crippen LogP contribution >= 0.6 is 0 Å². The molecule has 0 aromatic carbocycles. The summed E-state index contributed by atoms with van der Waals surface area (Å²) < 4.78 is 21.7. The zero-order valence-corrected chi connectivity index (χ0v) is 13.0. The molecule has 4 nitrogen and oxygen atoms in total. The maximum atomic E-state index is 5.42. The first kappa shape index (κ1) is 17.5. The van der Waals surface area contributed by atoms with Gasteiger partial charge in [-0.2, -0.15) is 0 Å². The molecule has 0 atom stereocenters. The van der Waals surface area contributed by atoms with Gasteiger partial charge in [-0.15, -0.1) is 0 Å². The Morgan fingerprint density at radius 3 is 1.07 bits per heavy atom. The average molecular weight is 232 g/mol. The Morgan fingerprint density at radius 1 is 0.714 bits per heavy atom. The van der Waals surface area contributed by atoms with Crippen LogP contribution in [0.15, 0.2) is 0 Å². The first-order chi connectivity index (χ1) is 6.24. The van der Waals surface area contributed by atoms with Crippen LogP contribution in [0.2, 0.25) is 0 Å².